The van der Waals surface area contributed by atoms with Crippen LogP contribution in [0.15, 0.2) is 29.2 Å². The summed E-state index contributed by atoms with van der Waals surface area (Å²) in [6.07, 6.45) is 1.16. The number of carbonyl (C=O) groups excluding carboxylic acids is 1. The van der Waals surface area contributed by atoms with Gasteiger partial charge in [0.05, 0.1) is 10.5 Å². The fourth-order valence-corrected chi connectivity index (χ4v) is 2.02. The maximum atomic E-state index is 11.6. The molecule has 0 saturated heterocycles. The molecule has 0 radical (unpaired) electrons. The minimum atomic E-state index is -3.18. The number of carbonyl (C=O) groups is 1. The maximum absolute atomic E-state index is 11.6. The Morgan fingerprint density at radius 2 is 1.75 bits per heavy atom. The Morgan fingerprint density at radius 1 is 1.20 bits per heavy atom. The molecule has 112 valence electrons. The predicted molar refractivity (Wildman–Crippen MR) is 77.1 cm³/mol. The van der Waals surface area contributed by atoms with E-state index in [0.717, 1.165) is 11.8 Å². The smallest absolute Gasteiger partial charge is 0.246 e. The number of rotatable bonds is 5. The molecule has 0 fully saturated rings. The molecular weight excluding hydrogens is 278 g/mol. The monoisotopic (exact) mass is 299 g/mol. The number of nitrogens with one attached hydrogen (secondary N) is 1. The zero-order valence-electron chi connectivity index (χ0n) is 12.3. The molecule has 0 unspecified atom stereocenters. The molecule has 0 heterocycles. The lowest BCUT2D eigenvalue weighted by Gasteiger charge is -2.19. The van der Waals surface area contributed by atoms with E-state index in [1.807, 2.05) is 20.8 Å². The van der Waals surface area contributed by atoms with Crippen molar-refractivity contribution in [1.82, 2.24) is 5.32 Å². The molecule has 1 aromatic rings. The third-order valence-corrected chi connectivity index (χ3v) is 3.61. The van der Waals surface area contributed by atoms with Gasteiger partial charge < -0.3 is 10.1 Å². The van der Waals surface area contributed by atoms with Gasteiger partial charge >= 0.3 is 0 Å². The zero-order valence-corrected chi connectivity index (χ0v) is 13.1. The van der Waals surface area contributed by atoms with Crippen molar-refractivity contribution >= 4 is 15.7 Å². The van der Waals surface area contributed by atoms with Crippen LogP contribution in [0.3, 0.4) is 0 Å². The lowest BCUT2D eigenvalue weighted by molar-refractivity contribution is -0.130. The number of amides is 1. The van der Waals surface area contributed by atoms with Crippen molar-refractivity contribution in [3.05, 3.63) is 29.8 Å². The molecule has 1 amide bonds. The molecular formula is C14H21NO4S. The summed E-state index contributed by atoms with van der Waals surface area (Å²) < 4.78 is 28.0. The zero-order chi connectivity index (χ0) is 15.4. The van der Waals surface area contributed by atoms with Gasteiger partial charge in [-0.2, -0.15) is 0 Å². The van der Waals surface area contributed by atoms with E-state index in [1.54, 1.807) is 12.1 Å². The highest BCUT2D eigenvalue weighted by molar-refractivity contribution is 7.90. The van der Waals surface area contributed by atoms with Crippen LogP contribution >= 0.6 is 0 Å². The third-order valence-electron chi connectivity index (χ3n) is 2.48. The Balaban J connectivity index is 2.48. The molecule has 0 aromatic heterocycles. The highest BCUT2D eigenvalue weighted by atomic mass is 32.2. The van der Waals surface area contributed by atoms with Gasteiger partial charge in [0, 0.05) is 12.8 Å². The van der Waals surface area contributed by atoms with Crippen LogP contribution < -0.4 is 5.32 Å². The van der Waals surface area contributed by atoms with Crippen molar-refractivity contribution in [2.24, 2.45) is 0 Å². The highest BCUT2D eigenvalue weighted by Crippen LogP contribution is 2.10. The second-order valence-corrected chi connectivity index (χ2v) is 7.61. The molecule has 0 aliphatic rings. The standard InChI is InChI=1S/C14H21NO4S/c1-14(2,3)19-10-13(16)15-9-11-5-7-12(8-6-11)20(4,17)18/h5-8H,9-10H2,1-4H3,(H,15,16). The average molecular weight is 299 g/mol. The summed E-state index contributed by atoms with van der Waals surface area (Å²) in [7, 11) is -3.18. The summed E-state index contributed by atoms with van der Waals surface area (Å²) in [5, 5.41) is 2.72. The van der Waals surface area contributed by atoms with Gasteiger partial charge in [-0.15, -0.1) is 0 Å². The van der Waals surface area contributed by atoms with Gasteiger partial charge in [0.25, 0.3) is 0 Å². The molecule has 1 aromatic carbocycles. The SMILES string of the molecule is CC(C)(C)OCC(=O)NCc1ccc(S(C)(=O)=O)cc1. The topological polar surface area (TPSA) is 72.5 Å². The van der Waals surface area contributed by atoms with E-state index in [-0.39, 0.29) is 23.0 Å². The Labute approximate surface area is 120 Å². The van der Waals surface area contributed by atoms with Crippen molar-refractivity contribution in [3.63, 3.8) is 0 Å². The minimum Gasteiger partial charge on any atom is -0.366 e. The van der Waals surface area contributed by atoms with Crippen LogP contribution in [-0.2, 0) is 25.9 Å². The summed E-state index contributed by atoms with van der Waals surface area (Å²) >= 11 is 0. The lowest BCUT2D eigenvalue weighted by atomic mass is 10.2. The first-order valence-corrected chi connectivity index (χ1v) is 8.17. The van der Waals surface area contributed by atoms with Crippen molar-refractivity contribution in [3.8, 4) is 0 Å². The van der Waals surface area contributed by atoms with E-state index in [9.17, 15) is 13.2 Å². The molecule has 0 spiro atoms. The maximum Gasteiger partial charge on any atom is 0.246 e. The van der Waals surface area contributed by atoms with Gasteiger partial charge in [-0.25, -0.2) is 8.42 Å². The summed E-state index contributed by atoms with van der Waals surface area (Å²) in [6.45, 7) is 5.99. The molecule has 0 aliphatic heterocycles. The van der Waals surface area contributed by atoms with Crippen molar-refractivity contribution < 1.29 is 17.9 Å². The lowest BCUT2D eigenvalue weighted by Crippen LogP contribution is -2.31. The summed E-state index contributed by atoms with van der Waals surface area (Å²) in [6, 6.07) is 6.42. The van der Waals surface area contributed by atoms with Crippen molar-refractivity contribution in [1.29, 1.82) is 0 Å². The largest absolute Gasteiger partial charge is 0.366 e. The number of ether oxygens (including phenoxy) is 1. The van der Waals surface area contributed by atoms with Crippen LogP contribution in [0.2, 0.25) is 0 Å². The Bertz CT molecular complexity index is 556. The Kier molecular flexibility index (Phi) is 5.30. The highest BCUT2D eigenvalue weighted by Gasteiger charge is 2.12. The average Bonchev–Trinajstić information content (AvgIpc) is 2.32. The molecule has 20 heavy (non-hydrogen) atoms. The van der Waals surface area contributed by atoms with Crippen LogP contribution in [0, 0.1) is 0 Å². The fourth-order valence-electron chi connectivity index (χ4n) is 1.39. The van der Waals surface area contributed by atoms with Crippen molar-refractivity contribution in [2.75, 3.05) is 12.9 Å². The Morgan fingerprint density at radius 3 is 2.20 bits per heavy atom. The summed E-state index contributed by atoms with van der Waals surface area (Å²) in [5.74, 6) is -0.202. The number of sulfone groups is 1. The number of hydrogen-bond acceptors (Lipinski definition) is 4. The van der Waals surface area contributed by atoms with E-state index in [4.69, 9.17) is 4.74 Å². The van der Waals surface area contributed by atoms with E-state index < -0.39 is 9.84 Å². The Hall–Kier alpha value is -1.40. The predicted octanol–water partition coefficient (Wildman–Crippen LogP) is 1.52. The minimum absolute atomic E-state index is 0.00488. The quantitative estimate of drug-likeness (QED) is 0.894. The van der Waals surface area contributed by atoms with E-state index in [2.05, 4.69) is 5.32 Å². The first kappa shape index (κ1) is 16.7. The number of benzene rings is 1. The second-order valence-electron chi connectivity index (χ2n) is 5.59. The van der Waals surface area contributed by atoms with E-state index >= 15 is 0 Å². The molecule has 0 saturated carbocycles. The molecule has 0 atom stereocenters. The fraction of sp³-hybridized carbons (Fsp3) is 0.500. The molecule has 5 nitrogen and oxygen atoms in total. The molecule has 0 aliphatic carbocycles. The van der Waals surface area contributed by atoms with Gasteiger partial charge in [0.15, 0.2) is 9.84 Å². The molecule has 1 N–H and O–H groups in total. The molecule has 0 bridgehead atoms. The van der Waals surface area contributed by atoms with E-state index in [1.165, 1.54) is 12.1 Å². The number of hydrogen-bond donors (Lipinski definition) is 1. The van der Waals surface area contributed by atoms with Crippen LogP contribution in [0.4, 0.5) is 0 Å². The van der Waals surface area contributed by atoms with Gasteiger partial charge in [-0.05, 0) is 38.5 Å². The molecule has 1 rings (SSSR count). The van der Waals surface area contributed by atoms with Gasteiger partial charge in [-0.3, -0.25) is 4.79 Å². The van der Waals surface area contributed by atoms with Crippen LogP contribution in [0.1, 0.15) is 26.3 Å². The van der Waals surface area contributed by atoms with Gasteiger partial charge in [-0.1, -0.05) is 12.1 Å². The first-order valence-electron chi connectivity index (χ1n) is 6.27. The van der Waals surface area contributed by atoms with Gasteiger partial charge in [0.1, 0.15) is 6.61 Å². The third kappa shape index (κ3) is 6.16. The summed E-state index contributed by atoms with van der Waals surface area (Å²) in [4.78, 5) is 11.8. The van der Waals surface area contributed by atoms with Crippen LogP contribution in [0.5, 0.6) is 0 Å². The summed E-state index contributed by atoms with van der Waals surface area (Å²) in [5.41, 5.74) is 0.482. The second kappa shape index (κ2) is 6.37. The normalized spacial score (nSPS) is 12.2. The molecule has 6 heteroatoms. The van der Waals surface area contributed by atoms with Crippen LogP contribution in [-0.4, -0.2) is 32.8 Å². The van der Waals surface area contributed by atoms with Gasteiger partial charge in [0.2, 0.25) is 5.91 Å². The van der Waals surface area contributed by atoms with Crippen LogP contribution in [0.25, 0.3) is 0 Å². The van der Waals surface area contributed by atoms with E-state index in [0.29, 0.717) is 6.54 Å². The first-order chi connectivity index (χ1) is 9.08. The van der Waals surface area contributed by atoms with Crippen molar-refractivity contribution in [2.45, 2.75) is 37.8 Å².